The molecule has 0 bridgehead atoms. The van der Waals surface area contributed by atoms with Crippen molar-refractivity contribution in [2.24, 2.45) is 0 Å². The molecule has 2 aliphatic heterocycles. The van der Waals surface area contributed by atoms with Gasteiger partial charge in [-0.15, -0.1) is 0 Å². The highest BCUT2D eigenvalue weighted by molar-refractivity contribution is 6.30. The molecule has 2 unspecified atom stereocenters. The third-order valence-electron chi connectivity index (χ3n) is 4.59. The predicted molar refractivity (Wildman–Crippen MR) is 86.5 cm³/mol. The molecule has 23 heavy (non-hydrogen) atoms. The first-order valence-electron chi connectivity index (χ1n) is 7.94. The first-order valence-corrected chi connectivity index (χ1v) is 8.31. The number of hydrogen-bond acceptors (Lipinski definition) is 3. The van der Waals surface area contributed by atoms with Crippen LogP contribution in [0.1, 0.15) is 18.4 Å². The van der Waals surface area contributed by atoms with Gasteiger partial charge in [0.15, 0.2) is 6.10 Å². The molecule has 120 valence electrons. The minimum Gasteiger partial charge on any atom is -0.480 e. The van der Waals surface area contributed by atoms with Crippen molar-refractivity contribution in [1.29, 1.82) is 0 Å². The number of halogens is 1. The van der Waals surface area contributed by atoms with E-state index in [0.29, 0.717) is 11.4 Å². The molecule has 1 fully saturated rings. The molecule has 2 aromatic rings. The first kappa shape index (κ1) is 14.6. The fourth-order valence-electron chi connectivity index (χ4n) is 3.48. The summed E-state index contributed by atoms with van der Waals surface area (Å²) in [5.41, 5.74) is 1.01. The molecule has 0 spiro atoms. The van der Waals surface area contributed by atoms with Crippen LogP contribution in [0, 0.1) is 0 Å². The van der Waals surface area contributed by atoms with Crippen molar-refractivity contribution in [3.63, 3.8) is 0 Å². The lowest BCUT2D eigenvalue weighted by atomic mass is 10.1. The van der Waals surface area contributed by atoms with Gasteiger partial charge in [0.05, 0.1) is 12.6 Å². The normalized spacial score (nSPS) is 22.9. The zero-order valence-corrected chi connectivity index (χ0v) is 13.4. The molecule has 0 saturated carbocycles. The van der Waals surface area contributed by atoms with Gasteiger partial charge in [0.2, 0.25) is 0 Å². The molecule has 0 aliphatic carbocycles. The molecule has 3 heterocycles. The van der Waals surface area contributed by atoms with Gasteiger partial charge in [0.1, 0.15) is 5.75 Å². The summed E-state index contributed by atoms with van der Waals surface area (Å²) in [5, 5.41) is 4.92. The summed E-state index contributed by atoms with van der Waals surface area (Å²) in [7, 11) is 0. The molecule has 1 aromatic heterocycles. The van der Waals surface area contributed by atoms with E-state index < -0.39 is 6.10 Å². The lowest BCUT2D eigenvalue weighted by Crippen LogP contribution is -2.45. The fraction of sp³-hybridized carbons (Fsp3) is 0.412. The Morgan fingerprint density at radius 1 is 1.43 bits per heavy atom. The average molecular weight is 332 g/mol. The van der Waals surface area contributed by atoms with E-state index in [1.165, 1.54) is 0 Å². The van der Waals surface area contributed by atoms with E-state index in [1.807, 2.05) is 34.0 Å². The van der Waals surface area contributed by atoms with Crippen LogP contribution in [0.2, 0.25) is 5.02 Å². The number of likely N-dealkylation sites (tertiary alicyclic amines) is 1. The van der Waals surface area contributed by atoms with Crippen molar-refractivity contribution in [1.82, 2.24) is 14.7 Å². The number of ether oxygens (including phenoxy) is 1. The van der Waals surface area contributed by atoms with E-state index in [0.717, 1.165) is 37.2 Å². The Balaban J connectivity index is 1.46. The number of fused-ring (bicyclic) bond motifs is 1. The second kappa shape index (κ2) is 5.89. The van der Waals surface area contributed by atoms with Gasteiger partial charge in [0, 0.05) is 30.4 Å². The summed E-state index contributed by atoms with van der Waals surface area (Å²) in [4.78, 5) is 14.8. The molecular weight excluding hydrogens is 314 g/mol. The second-order valence-electron chi connectivity index (χ2n) is 6.12. The number of benzene rings is 1. The highest BCUT2D eigenvalue weighted by Gasteiger charge is 2.37. The van der Waals surface area contributed by atoms with Crippen molar-refractivity contribution >= 4 is 17.5 Å². The van der Waals surface area contributed by atoms with Crippen LogP contribution in [0.4, 0.5) is 0 Å². The van der Waals surface area contributed by atoms with Crippen LogP contribution >= 0.6 is 11.6 Å². The van der Waals surface area contributed by atoms with E-state index in [4.69, 9.17) is 16.3 Å². The largest absolute Gasteiger partial charge is 0.480 e. The van der Waals surface area contributed by atoms with Gasteiger partial charge in [-0.05, 0) is 42.7 Å². The van der Waals surface area contributed by atoms with Crippen molar-refractivity contribution in [3.8, 4) is 5.75 Å². The summed E-state index contributed by atoms with van der Waals surface area (Å²) in [6.45, 7) is 1.53. The van der Waals surface area contributed by atoms with E-state index in [1.54, 1.807) is 12.3 Å². The lowest BCUT2D eigenvalue weighted by molar-refractivity contribution is -0.139. The number of amides is 1. The second-order valence-corrected chi connectivity index (χ2v) is 6.55. The third-order valence-corrected chi connectivity index (χ3v) is 4.82. The van der Waals surface area contributed by atoms with E-state index in [-0.39, 0.29) is 11.9 Å². The number of carbonyl (C=O) groups is 1. The maximum atomic E-state index is 12.9. The van der Waals surface area contributed by atoms with Gasteiger partial charge in [0.25, 0.3) is 5.91 Å². The Bertz CT molecular complexity index is 717. The molecule has 2 aliphatic rings. The quantitative estimate of drug-likeness (QED) is 0.868. The Morgan fingerprint density at radius 3 is 3.17 bits per heavy atom. The first-order chi connectivity index (χ1) is 11.2. The van der Waals surface area contributed by atoms with Gasteiger partial charge >= 0.3 is 0 Å². The standard InChI is InChI=1S/C17H18ClN3O2/c18-13-4-5-15-12(9-13)10-16(23-15)17(22)21-8-1-3-14(21)11-20-7-2-6-19-20/h2,4-7,9,14,16H,1,3,8,10-11H2. The Hall–Kier alpha value is -2.01. The van der Waals surface area contributed by atoms with Crippen LogP contribution in [-0.4, -0.2) is 39.3 Å². The van der Waals surface area contributed by atoms with Gasteiger partial charge in [-0.2, -0.15) is 5.10 Å². The zero-order chi connectivity index (χ0) is 15.8. The molecule has 1 saturated heterocycles. The van der Waals surface area contributed by atoms with Gasteiger partial charge in [-0.1, -0.05) is 11.6 Å². The van der Waals surface area contributed by atoms with Gasteiger partial charge in [-0.25, -0.2) is 0 Å². The Kier molecular flexibility index (Phi) is 3.73. The number of carbonyl (C=O) groups excluding carboxylic acids is 1. The van der Waals surface area contributed by atoms with Crippen LogP contribution in [0.5, 0.6) is 5.75 Å². The monoisotopic (exact) mass is 331 g/mol. The SMILES string of the molecule is O=C(C1Cc2cc(Cl)ccc2O1)N1CCCC1Cn1cccn1. The fourth-order valence-corrected chi connectivity index (χ4v) is 3.67. The van der Waals surface area contributed by atoms with E-state index in [9.17, 15) is 4.79 Å². The molecule has 2 atom stereocenters. The zero-order valence-electron chi connectivity index (χ0n) is 12.7. The maximum Gasteiger partial charge on any atom is 0.264 e. The van der Waals surface area contributed by atoms with Crippen LogP contribution < -0.4 is 4.74 Å². The molecule has 6 heteroatoms. The Morgan fingerprint density at radius 2 is 2.35 bits per heavy atom. The van der Waals surface area contributed by atoms with Gasteiger partial charge < -0.3 is 9.64 Å². The minimum absolute atomic E-state index is 0.0759. The van der Waals surface area contributed by atoms with Crippen LogP contribution in [-0.2, 0) is 17.8 Å². The highest BCUT2D eigenvalue weighted by Crippen LogP contribution is 2.32. The highest BCUT2D eigenvalue weighted by atomic mass is 35.5. The molecular formula is C17H18ClN3O2. The van der Waals surface area contributed by atoms with E-state index >= 15 is 0 Å². The van der Waals surface area contributed by atoms with Crippen molar-refractivity contribution in [2.75, 3.05) is 6.54 Å². The predicted octanol–water partition coefficient (Wildman–Crippen LogP) is 2.53. The van der Waals surface area contributed by atoms with Crippen LogP contribution in [0.15, 0.2) is 36.7 Å². The van der Waals surface area contributed by atoms with Crippen molar-refractivity contribution in [3.05, 3.63) is 47.2 Å². The Labute approximate surface area is 139 Å². The molecule has 0 radical (unpaired) electrons. The summed E-state index contributed by atoms with van der Waals surface area (Å²) < 4.78 is 7.74. The minimum atomic E-state index is -0.429. The van der Waals surface area contributed by atoms with Crippen molar-refractivity contribution < 1.29 is 9.53 Å². The number of aromatic nitrogens is 2. The molecule has 1 aromatic carbocycles. The lowest BCUT2D eigenvalue weighted by Gasteiger charge is -2.27. The maximum absolute atomic E-state index is 12.9. The molecule has 4 rings (SSSR count). The number of nitrogens with zero attached hydrogens (tertiary/aromatic N) is 3. The summed E-state index contributed by atoms with van der Waals surface area (Å²) in [6, 6.07) is 7.62. The topological polar surface area (TPSA) is 47.4 Å². The molecule has 1 amide bonds. The van der Waals surface area contributed by atoms with Gasteiger partial charge in [-0.3, -0.25) is 9.48 Å². The summed E-state index contributed by atoms with van der Waals surface area (Å²) >= 11 is 6.02. The summed E-state index contributed by atoms with van der Waals surface area (Å²) in [5.74, 6) is 0.850. The number of hydrogen-bond donors (Lipinski definition) is 0. The van der Waals surface area contributed by atoms with Crippen LogP contribution in [0.3, 0.4) is 0 Å². The van der Waals surface area contributed by atoms with Crippen molar-refractivity contribution in [2.45, 2.75) is 38.0 Å². The summed E-state index contributed by atoms with van der Waals surface area (Å²) in [6.07, 6.45) is 5.91. The third kappa shape index (κ3) is 2.81. The number of rotatable bonds is 3. The smallest absolute Gasteiger partial charge is 0.264 e. The van der Waals surface area contributed by atoms with E-state index in [2.05, 4.69) is 5.10 Å². The molecule has 5 nitrogen and oxygen atoms in total. The average Bonchev–Trinajstić information content (AvgIpc) is 3.26. The van der Waals surface area contributed by atoms with Crippen LogP contribution in [0.25, 0.3) is 0 Å². The molecule has 0 N–H and O–H groups in total.